The minimum atomic E-state index is 0.321. The summed E-state index contributed by atoms with van der Waals surface area (Å²) in [6.45, 7) is 10.1. The molecule has 0 aromatic heterocycles. The molecule has 0 rings (SSSR count). The molecule has 0 bridgehead atoms. The van der Waals surface area contributed by atoms with E-state index in [2.05, 4.69) is 26.1 Å². The van der Waals surface area contributed by atoms with E-state index < -0.39 is 0 Å². The molecule has 0 heterocycles. The van der Waals surface area contributed by atoms with Gasteiger partial charge in [0.1, 0.15) is 0 Å². The summed E-state index contributed by atoms with van der Waals surface area (Å²) in [7, 11) is 3.70. The normalized spacial score (nSPS) is 15.6. The Morgan fingerprint density at radius 3 is 2.33 bits per heavy atom. The molecule has 1 atom stereocenters. The molecule has 3 heteroatoms. The van der Waals surface area contributed by atoms with Gasteiger partial charge in [-0.3, -0.25) is 0 Å². The molecule has 1 unspecified atom stereocenters. The molecular weight excluding hydrogens is 190 g/mol. The van der Waals surface area contributed by atoms with Crippen LogP contribution in [-0.2, 0) is 9.47 Å². The molecule has 0 aromatic carbocycles. The Morgan fingerprint density at radius 1 is 1.20 bits per heavy atom. The average molecular weight is 217 g/mol. The van der Waals surface area contributed by atoms with Gasteiger partial charge in [0.2, 0.25) is 0 Å². The summed E-state index contributed by atoms with van der Waals surface area (Å²) in [4.78, 5) is 0. The lowest BCUT2D eigenvalue weighted by atomic mass is 9.76. The van der Waals surface area contributed by atoms with Crippen LogP contribution in [0.25, 0.3) is 0 Å². The summed E-state index contributed by atoms with van der Waals surface area (Å²) < 4.78 is 10.4. The van der Waals surface area contributed by atoms with Gasteiger partial charge in [0.05, 0.1) is 13.2 Å². The van der Waals surface area contributed by atoms with Crippen LogP contribution in [-0.4, -0.2) is 40.5 Å². The number of ether oxygens (including phenoxy) is 2. The lowest BCUT2D eigenvalue weighted by Gasteiger charge is -2.33. The second kappa shape index (κ2) is 8.08. The molecule has 0 amide bonds. The van der Waals surface area contributed by atoms with Crippen molar-refractivity contribution in [3.05, 3.63) is 0 Å². The first-order valence-electron chi connectivity index (χ1n) is 5.78. The minimum absolute atomic E-state index is 0.321. The summed E-state index contributed by atoms with van der Waals surface area (Å²) in [5, 5.41) is 3.26. The van der Waals surface area contributed by atoms with Crippen molar-refractivity contribution in [2.24, 2.45) is 11.3 Å². The molecule has 0 radical (unpaired) electrons. The highest BCUT2D eigenvalue weighted by atomic mass is 16.5. The van der Waals surface area contributed by atoms with Gasteiger partial charge in [-0.2, -0.15) is 0 Å². The van der Waals surface area contributed by atoms with Gasteiger partial charge in [-0.25, -0.2) is 0 Å². The van der Waals surface area contributed by atoms with E-state index in [9.17, 15) is 0 Å². The third-order valence-electron chi connectivity index (χ3n) is 3.22. The lowest BCUT2D eigenvalue weighted by Crippen LogP contribution is -2.35. The highest BCUT2D eigenvalue weighted by Crippen LogP contribution is 2.29. The highest BCUT2D eigenvalue weighted by molar-refractivity contribution is 4.79. The maximum absolute atomic E-state index is 5.51. The molecule has 92 valence electrons. The zero-order valence-electron chi connectivity index (χ0n) is 10.9. The first-order chi connectivity index (χ1) is 7.06. The Morgan fingerprint density at radius 2 is 1.87 bits per heavy atom. The smallest absolute Gasteiger partial charge is 0.0700 e. The quantitative estimate of drug-likeness (QED) is 0.599. The van der Waals surface area contributed by atoms with Crippen molar-refractivity contribution < 1.29 is 9.47 Å². The van der Waals surface area contributed by atoms with Crippen molar-refractivity contribution in [2.45, 2.75) is 27.2 Å². The Bertz CT molecular complexity index is 151. The summed E-state index contributed by atoms with van der Waals surface area (Å²) in [5.74, 6) is 0.663. The monoisotopic (exact) mass is 217 g/mol. The predicted octanol–water partition coefficient (Wildman–Crippen LogP) is 1.92. The molecule has 3 nitrogen and oxygen atoms in total. The van der Waals surface area contributed by atoms with Gasteiger partial charge < -0.3 is 14.8 Å². The largest absolute Gasteiger partial charge is 0.382 e. The summed E-state index contributed by atoms with van der Waals surface area (Å²) in [5.41, 5.74) is 0.321. The van der Waals surface area contributed by atoms with Crippen LogP contribution < -0.4 is 5.32 Å². The van der Waals surface area contributed by atoms with E-state index in [0.29, 0.717) is 24.5 Å². The molecule has 0 saturated carbocycles. The van der Waals surface area contributed by atoms with Crippen molar-refractivity contribution in [3.63, 3.8) is 0 Å². The van der Waals surface area contributed by atoms with Gasteiger partial charge in [0.15, 0.2) is 0 Å². The number of rotatable bonds is 9. The van der Waals surface area contributed by atoms with Crippen LogP contribution in [0.15, 0.2) is 0 Å². The summed E-state index contributed by atoms with van der Waals surface area (Å²) in [6, 6.07) is 0. The number of hydrogen-bond acceptors (Lipinski definition) is 3. The van der Waals surface area contributed by atoms with Crippen molar-refractivity contribution in [1.29, 1.82) is 0 Å². The molecular formula is C12H27NO2. The van der Waals surface area contributed by atoms with E-state index in [4.69, 9.17) is 9.47 Å². The first kappa shape index (κ1) is 14.9. The van der Waals surface area contributed by atoms with Crippen molar-refractivity contribution in [3.8, 4) is 0 Å². The van der Waals surface area contributed by atoms with Crippen LogP contribution in [0.3, 0.4) is 0 Å². The molecule has 0 aliphatic carbocycles. The van der Waals surface area contributed by atoms with E-state index in [0.717, 1.165) is 19.6 Å². The van der Waals surface area contributed by atoms with Crippen LogP contribution in [0.4, 0.5) is 0 Å². The zero-order valence-corrected chi connectivity index (χ0v) is 10.9. The predicted molar refractivity (Wildman–Crippen MR) is 64.2 cm³/mol. The topological polar surface area (TPSA) is 30.5 Å². The molecule has 0 spiro atoms. The maximum Gasteiger partial charge on any atom is 0.0700 e. The standard InChI is InChI=1S/C12H27NO2/c1-11(2)12(3,10-13-4)6-7-15-9-8-14-5/h11,13H,6-10H2,1-5H3. The van der Waals surface area contributed by atoms with Crippen LogP contribution in [0.2, 0.25) is 0 Å². The maximum atomic E-state index is 5.51. The van der Waals surface area contributed by atoms with Crippen molar-refractivity contribution >= 4 is 0 Å². The summed E-state index contributed by atoms with van der Waals surface area (Å²) in [6.07, 6.45) is 1.09. The molecule has 1 N–H and O–H groups in total. The Labute approximate surface area is 94.5 Å². The fourth-order valence-electron chi connectivity index (χ4n) is 1.53. The van der Waals surface area contributed by atoms with Gasteiger partial charge in [-0.05, 0) is 24.8 Å². The zero-order chi connectivity index (χ0) is 11.7. The van der Waals surface area contributed by atoms with E-state index in [-0.39, 0.29) is 0 Å². The molecule has 0 aliphatic heterocycles. The Hall–Kier alpha value is -0.120. The number of methoxy groups -OCH3 is 1. The summed E-state index contributed by atoms with van der Waals surface area (Å²) >= 11 is 0. The third-order valence-corrected chi connectivity index (χ3v) is 3.22. The van der Waals surface area contributed by atoms with E-state index in [1.165, 1.54) is 0 Å². The van der Waals surface area contributed by atoms with E-state index in [1.807, 2.05) is 7.05 Å². The second-order valence-electron chi connectivity index (χ2n) is 4.69. The SMILES string of the molecule is CNCC(C)(CCOCCOC)C(C)C. The van der Waals surface area contributed by atoms with E-state index >= 15 is 0 Å². The molecule has 0 fully saturated rings. The van der Waals surface area contributed by atoms with Crippen LogP contribution in [0, 0.1) is 11.3 Å². The van der Waals surface area contributed by atoms with Gasteiger partial charge >= 0.3 is 0 Å². The minimum Gasteiger partial charge on any atom is -0.382 e. The van der Waals surface area contributed by atoms with E-state index in [1.54, 1.807) is 7.11 Å². The highest BCUT2D eigenvalue weighted by Gasteiger charge is 2.26. The fraction of sp³-hybridized carbons (Fsp3) is 1.00. The lowest BCUT2D eigenvalue weighted by molar-refractivity contribution is 0.0448. The van der Waals surface area contributed by atoms with Crippen LogP contribution in [0.5, 0.6) is 0 Å². The van der Waals surface area contributed by atoms with Gasteiger partial charge in [-0.15, -0.1) is 0 Å². The van der Waals surface area contributed by atoms with Crippen molar-refractivity contribution in [1.82, 2.24) is 5.32 Å². The molecule has 0 aromatic rings. The van der Waals surface area contributed by atoms with Gasteiger partial charge in [-0.1, -0.05) is 20.8 Å². The number of hydrogen-bond donors (Lipinski definition) is 1. The second-order valence-corrected chi connectivity index (χ2v) is 4.69. The van der Waals surface area contributed by atoms with Gasteiger partial charge in [0, 0.05) is 20.3 Å². The van der Waals surface area contributed by atoms with Crippen LogP contribution in [0.1, 0.15) is 27.2 Å². The van der Waals surface area contributed by atoms with Crippen LogP contribution >= 0.6 is 0 Å². The first-order valence-corrected chi connectivity index (χ1v) is 5.78. The third kappa shape index (κ3) is 6.13. The number of nitrogens with one attached hydrogen (secondary N) is 1. The molecule has 0 saturated heterocycles. The van der Waals surface area contributed by atoms with Gasteiger partial charge in [0.25, 0.3) is 0 Å². The Kier molecular flexibility index (Phi) is 8.02. The molecule has 0 aliphatic rings. The molecule has 15 heavy (non-hydrogen) atoms. The Balaban J connectivity index is 3.76. The average Bonchev–Trinajstić information content (AvgIpc) is 2.18. The fourth-order valence-corrected chi connectivity index (χ4v) is 1.53. The van der Waals surface area contributed by atoms with Crippen molar-refractivity contribution in [2.75, 3.05) is 40.5 Å².